The van der Waals surface area contributed by atoms with Crippen LogP contribution in [-0.2, 0) is 18.0 Å². The summed E-state index contributed by atoms with van der Waals surface area (Å²) in [4.78, 5) is 20.9. The number of piperidine rings is 1. The molecular weight excluding hydrogens is 435 g/mol. The van der Waals surface area contributed by atoms with E-state index < -0.39 is 11.7 Å². The number of aryl methyl sites for hydroxylation is 1. The highest BCUT2D eigenvalue weighted by Crippen LogP contribution is 2.45. The first-order valence-corrected chi connectivity index (χ1v) is 10.9. The number of likely N-dealkylation sites (tertiary alicyclic amines) is 1. The molecule has 4 rings (SSSR count). The molecule has 0 saturated carbocycles. The van der Waals surface area contributed by atoms with Crippen molar-refractivity contribution in [2.24, 2.45) is 18.4 Å². The van der Waals surface area contributed by atoms with E-state index >= 15 is 0 Å². The van der Waals surface area contributed by atoms with Gasteiger partial charge in [0.05, 0.1) is 36.3 Å². The van der Waals surface area contributed by atoms with Crippen molar-refractivity contribution >= 4 is 11.6 Å². The fourth-order valence-corrected chi connectivity index (χ4v) is 5.00. The molecule has 7 nitrogen and oxygen atoms in total. The SMILES string of the molecule is CCOC[C@@]12CCN(c3ccc(C#N)c(C(F)(F)F)c3)C[C@@H]1CN(C(=O)c1cncn1C)C2. The van der Waals surface area contributed by atoms with Crippen molar-refractivity contribution in [3.63, 3.8) is 0 Å². The fraction of sp³-hybridized carbons (Fsp3) is 0.522. The number of hydrogen-bond donors (Lipinski definition) is 0. The predicted molar refractivity (Wildman–Crippen MR) is 115 cm³/mol. The van der Waals surface area contributed by atoms with Crippen molar-refractivity contribution in [3.05, 3.63) is 47.5 Å². The predicted octanol–water partition coefficient (Wildman–Crippen LogP) is 3.32. The second-order valence-corrected chi connectivity index (χ2v) is 8.81. The number of imidazole rings is 1. The van der Waals surface area contributed by atoms with Gasteiger partial charge in [0.25, 0.3) is 5.91 Å². The maximum atomic E-state index is 13.5. The minimum atomic E-state index is -4.60. The number of benzene rings is 1. The Labute approximate surface area is 190 Å². The highest BCUT2D eigenvalue weighted by atomic mass is 19.4. The molecule has 0 spiro atoms. The largest absolute Gasteiger partial charge is 0.417 e. The monoisotopic (exact) mass is 461 g/mol. The lowest BCUT2D eigenvalue weighted by Crippen LogP contribution is -2.49. The average Bonchev–Trinajstić information content (AvgIpc) is 3.39. The second-order valence-electron chi connectivity index (χ2n) is 8.81. The number of carbonyl (C=O) groups is 1. The molecule has 0 aliphatic carbocycles. The summed E-state index contributed by atoms with van der Waals surface area (Å²) in [5, 5.41) is 9.08. The normalized spacial score (nSPS) is 22.8. The standard InChI is InChI=1S/C23H26F3N5O2/c1-3-33-14-22-6-7-30(18-5-4-16(9-27)19(8-18)23(24,25)26)11-17(22)12-31(13-22)21(32)20-10-28-15-29(20)2/h4-5,8,10,15,17H,3,6-7,11-14H2,1-2H3/t17-,22+/m1/s1. The van der Waals surface area contributed by atoms with Crippen molar-refractivity contribution < 1.29 is 22.7 Å². The first-order chi connectivity index (χ1) is 15.7. The van der Waals surface area contributed by atoms with Crippen LogP contribution in [-0.4, -0.2) is 59.8 Å². The molecule has 3 heterocycles. The maximum absolute atomic E-state index is 13.5. The molecule has 2 atom stereocenters. The zero-order chi connectivity index (χ0) is 23.8. The molecule has 33 heavy (non-hydrogen) atoms. The summed E-state index contributed by atoms with van der Waals surface area (Å²) < 4.78 is 47.9. The molecule has 0 unspecified atom stereocenters. The lowest BCUT2D eigenvalue weighted by atomic mass is 9.73. The lowest BCUT2D eigenvalue weighted by molar-refractivity contribution is -0.137. The Morgan fingerprint density at radius 2 is 2.15 bits per heavy atom. The summed E-state index contributed by atoms with van der Waals surface area (Å²) in [7, 11) is 1.77. The Hall–Kier alpha value is -3.06. The van der Waals surface area contributed by atoms with Gasteiger partial charge in [-0.05, 0) is 31.5 Å². The van der Waals surface area contributed by atoms with Crippen LogP contribution in [0, 0.1) is 22.7 Å². The van der Waals surface area contributed by atoms with E-state index in [2.05, 4.69) is 4.98 Å². The van der Waals surface area contributed by atoms with Crippen LogP contribution in [0.15, 0.2) is 30.7 Å². The number of rotatable bonds is 5. The molecule has 0 bridgehead atoms. The highest BCUT2D eigenvalue weighted by Gasteiger charge is 2.51. The fourth-order valence-electron chi connectivity index (χ4n) is 5.00. The molecule has 2 fully saturated rings. The molecule has 1 aromatic heterocycles. The van der Waals surface area contributed by atoms with Gasteiger partial charge in [-0.25, -0.2) is 4.98 Å². The van der Waals surface area contributed by atoms with Crippen molar-refractivity contribution in [1.29, 1.82) is 5.26 Å². The number of carbonyl (C=O) groups excluding carboxylic acids is 1. The number of amides is 1. The van der Waals surface area contributed by atoms with Crippen LogP contribution in [0.1, 0.15) is 35.0 Å². The van der Waals surface area contributed by atoms with Gasteiger partial charge in [0.2, 0.25) is 0 Å². The number of nitriles is 1. The van der Waals surface area contributed by atoms with Crippen LogP contribution >= 0.6 is 0 Å². The van der Waals surface area contributed by atoms with Crippen molar-refractivity contribution in [2.45, 2.75) is 19.5 Å². The van der Waals surface area contributed by atoms with Crippen molar-refractivity contribution in [3.8, 4) is 6.07 Å². The molecule has 176 valence electrons. The van der Waals surface area contributed by atoms with E-state index in [1.54, 1.807) is 36.3 Å². The zero-order valence-corrected chi connectivity index (χ0v) is 18.6. The van der Waals surface area contributed by atoms with Gasteiger partial charge in [-0.15, -0.1) is 0 Å². The minimum absolute atomic E-state index is 0.0416. The Morgan fingerprint density at radius 1 is 1.36 bits per heavy atom. The van der Waals surface area contributed by atoms with Gasteiger partial charge in [0.15, 0.2) is 0 Å². The third-order valence-electron chi connectivity index (χ3n) is 6.84. The molecule has 0 radical (unpaired) electrons. The van der Waals surface area contributed by atoms with Gasteiger partial charge in [-0.2, -0.15) is 18.4 Å². The van der Waals surface area contributed by atoms with Crippen LogP contribution in [0.2, 0.25) is 0 Å². The minimum Gasteiger partial charge on any atom is -0.381 e. The number of alkyl halides is 3. The molecular formula is C23H26F3N5O2. The smallest absolute Gasteiger partial charge is 0.381 e. The van der Waals surface area contributed by atoms with E-state index in [-0.39, 0.29) is 22.8 Å². The quantitative estimate of drug-likeness (QED) is 0.683. The van der Waals surface area contributed by atoms with E-state index in [0.29, 0.717) is 57.2 Å². The van der Waals surface area contributed by atoms with E-state index in [1.165, 1.54) is 6.07 Å². The number of aromatic nitrogens is 2. The number of hydrogen-bond acceptors (Lipinski definition) is 5. The van der Waals surface area contributed by atoms with E-state index in [1.807, 2.05) is 16.7 Å². The number of ether oxygens (including phenoxy) is 1. The van der Waals surface area contributed by atoms with Crippen LogP contribution < -0.4 is 4.90 Å². The molecule has 2 aliphatic heterocycles. The third-order valence-corrected chi connectivity index (χ3v) is 6.84. The number of halogens is 3. The van der Waals surface area contributed by atoms with E-state index in [0.717, 1.165) is 6.07 Å². The molecule has 1 amide bonds. The van der Waals surface area contributed by atoms with Crippen LogP contribution in [0.5, 0.6) is 0 Å². The van der Waals surface area contributed by atoms with Gasteiger partial charge in [-0.1, -0.05) is 0 Å². The van der Waals surface area contributed by atoms with E-state index in [9.17, 15) is 18.0 Å². The summed E-state index contributed by atoms with van der Waals surface area (Å²) in [5.74, 6) is -0.0653. The van der Waals surface area contributed by atoms with Crippen LogP contribution in [0.3, 0.4) is 0 Å². The summed E-state index contributed by atoms with van der Waals surface area (Å²) >= 11 is 0. The summed E-state index contributed by atoms with van der Waals surface area (Å²) in [5.41, 5.74) is -0.627. The Kier molecular flexibility index (Phi) is 6.10. The van der Waals surface area contributed by atoms with Gasteiger partial charge >= 0.3 is 6.18 Å². The van der Waals surface area contributed by atoms with Gasteiger partial charge in [0, 0.05) is 56.9 Å². The Bertz CT molecular complexity index is 1080. The highest BCUT2D eigenvalue weighted by molar-refractivity contribution is 5.92. The van der Waals surface area contributed by atoms with Gasteiger partial charge in [-0.3, -0.25) is 4.79 Å². The molecule has 2 aromatic rings. The Morgan fingerprint density at radius 3 is 2.79 bits per heavy atom. The number of anilines is 1. The Balaban J connectivity index is 1.59. The number of nitrogens with zero attached hydrogens (tertiary/aromatic N) is 5. The molecule has 0 N–H and O–H groups in total. The first kappa shape index (κ1) is 23.1. The molecule has 2 saturated heterocycles. The van der Waals surface area contributed by atoms with Crippen LogP contribution in [0.25, 0.3) is 0 Å². The van der Waals surface area contributed by atoms with Gasteiger partial charge < -0.3 is 19.1 Å². The molecule has 2 aliphatic rings. The summed E-state index contributed by atoms with van der Waals surface area (Å²) in [6, 6.07) is 5.48. The van der Waals surface area contributed by atoms with Crippen molar-refractivity contribution in [2.75, 3.05) is 44.3 Å². The van der Waals surface area contributed by atoms with Crippen molar-refractivity contribution in [1.82, 2.24) is 14.5 Å². The summed E-state index contributed by atoms with van der Waals surface area (Å²) in [6.45, 7) is 5.05. The topological polar surface area (TPSA) is 74.4 Å². The van der Waals surface area contributed by atoms with Gasteiger partial charge in [0.1, 0.15) is 5.69 Å². The van der Waals surface area contributed by atoms with E-state index in [4.69, 9.17) is 10.00 Å². The second kappa shape index (κ2) is 8.71. The summed E-state index contributed by atoms with van der Waals surface area (Å²) in [6.07, 6.45) is -0.790. The molecule has 10 heteroatoms. The average molecular weight is 461 g/mol. The maximum Gasteiger partial charge on any atom is 0.417 e. The third kappa shape index (κ3) is 4.29. The molecule has 1 aromatic carbocycles. The first-order valence-electron chi connectivity index (χ1n) is 10.9. The lowest BCUT2D eigenvalue weighted by Gasteiger charge is -2.44. The zero-order valence-electron chi connectivity index (χ0n) is 18.6. The number of fused-ring (bicyclic) bond motifs is 1. The van der Waals surface area contributed by atoms with Crippen LogP contribution in [0.4, 0.5) is 18.9 Å².